The second-order valence-corrected chi connectivity index (χ2v) is 11.9. The van der Waals surface area contributed by atoms with Crippen LogP contribution in [0.4, 0.5) is 10.1 Å². The molecule has 3 aliphatic heterocycles. The summed E-state index contributed by atoms with van der Waals surface area (Å²) < 4.78 is 22.9. The first-order valence-corrected chi connectivity index (χ1v) is 14.4. The van der Waals surface area contributed by atoms with Crippen molar-refractivity contribution >= 4 is 56.6 Å². The van der Waals surface area contributed by atoms with E-state index in [2.05, 4.69) is 31.9 Å². The number of anilines is 1. The molecule has 3 heterocycles. The number of hydrogen-bond acceptors (Lipinski definition) is 4. The molecule has 3 atom stereocenters. The van der Waals surface area contributed by atoms with Crippen LogP contribution in [0.2, 0.25) is 10.0 Å². The Hall–Kier alpha value is -2.65. The number of ether oxygens (including phenoxy) is 1. The second kappa shape index (κ2) is 10.4. The van der Waals surface area contributed by atoms with E-state index in [1.54, 1.807) is 48.5 Å². The average molecular weight is 633 g/mol. The molecule has 3 aromatic carbocycles. The molecule has 0 radical (unpaired) electrons. The van der Waals surface area contributed by atoms with Crippen LogP contribution in [0.3, 0.4) is 0 Å². The van der Waals surface area contributed by atoms with Crippen LogP contribution < -0.4 is 20.7 Å². The first kappa shape index (κ1) is 26.6. The predicted molar refractivity (Wildman–Crippen MR) is 152 cm³/mol. The third-order valence-electron chi connectivity index (χ3n) is 7.96. The molecule has 1 spiro atoms. The van der Waals surface area contributed by atoms with Crippen molar-refractivity contribution in [1.82, 2.24) is 10.6 Å². The topological polar surface area (TPSA) is 79.5 Å². The van der Waals surface area contributed by atoms with E-state index < -0.39 is 23.2 Å². The molecule has 6 nitrogen and oxygen atoms in total. The monoisotopic (exact) mass is 631 g/mol. The number of amides is 2. The van der Waals surface area contributed by atoms with Gasteiger partial charge in [-0.25, -0.2) is 4.39 Å². The van der Waals surface area contributed by atoms with Crippen molar-refractivity contribution in [2.24, 2.45) is 0 Å². The highest BCUT2D eigenvalue weighted by atomic mass is 79.9. The van der Waals surface area contributed by atoms with Crippen LogP contribution in [0.5, 0.6) is 5.75 Å². The van der Waals surface area contributed by atoms with Crippen molar-refractivity contribution in [2.75, 3.05) is 18.4 Å². The van der Waals surface area contributed by atoms with Crippen molar-refractivity contribution in [3.63, 3.8) is 0 Å². The molecule has 2 fully saturated rings. The maximum atomic E-state index is 16.3. The Labute approximate surface area is 243 Å². The molecule has 3 aromatic rings. The van der Waals surface area contributed by atoms with Crippen molar-refractivity contribution in [2.45, 2.75) is 42.7 Å². The van der Waals surface area contributed by atoms with Crippen molar-refractivity contribution in [3.8, 4) is 5.75 Å². The molecule has 202 valence electrons. The van der Waals surface area contributed by atoms with E-state index >= 15 is 4.39 Å². The van der Waals surface area contributed by atoms with Gasteiger partial charge in [0.05, 0.1) is 16.1 Å². The molecule has 0 aromatic heterocycles. The Kier molecular flexibility index (Phi) is 7.08. The van der Waals surface area contributed by atoms with Gasteiger partial charge in [0.1, 0.15) is 23.1 Å². The first-order chi connectivity index (χ1) is 18.8. The highest BCUT2D eigenvalue weighted by molar-refractivity contribution is 9.10. The summed E-state index contributed by atoms with van der Waals surface area (Å²) in [6.07, 6.45) is 1.39. The quantitative estimate of drug-likeness (QED) is 0.317. The molecular weight excluding hydrogens is 608 g/mol. The van der Waals surface area contributed by atoms with Gasteiger partial charge in [-0.05, 0) is 89.4 Å². The highest BCUT2D eigenvalue weighted by Gasteiger charge is 2.62. The average Bonchev–Trinajstić information content (AvgIpc) is 3.19. The van der Waals surface area contributed by atoms with Gasteiger partial charge in [0.2, 0.25) is 11.8 Å². The summed E-state index contributed by atoms with van der Waals surface area (Å²) in [5.41, 5.74) is 0.570. The van der Waals surface area contributed by atoms with Crippen molar-refractivity contribution in [3.05, 3.63) is 91.6 Å². The largest absolute Gasteiger partial charge is 0.490 e. The molecular formula is C29H25BrCl2FN3O3. The molecule has 0 saturated carbocycles. The molecule has 2 saturated heterocycles. The first-order valence-electron chi connectivity index (χ1n) is 12.8. The van der Waals surface area contributed by atoms with Crippen LogP contribution in [0.25, 0.3) is 0 Å². The maximum absolute atomic E-state index is 16.3. The van der Waals surface area contributed by atoms with Gasteiger partial charge in [-0.3, -0.25) is 9.59 Å². The fraction of sp³-hybridized carbons (Fsp3) is 0.310. The maximum Gasteiger partial charge on any atom is 0.238 e. The number of nitrogens with one attached hydrogen (secondary N) is 3. The molecule has 2 amide bonds. The van der Waals surface area contributed by atoms with E-state index in [9.17, 15) is 9.59 Å². The Morgan fingerprint density at radius 2 is 1.77 bits per heavy atom. The summed E-state index contributed by atoms with van der Waals surface area (Å²) >= 11 is 16.0. The molecule has 3 aliphatic rings. The predicted octanol–water partition coefficient (Wildman–Crippen LogP) is 6.26. The number of carbonyl (C=O) groups excluding carboxylic acids is 2. The molecule has 10 heteroatoms. The van der Waals surface area contributed by atoms with E-state index in [0.29, 0.717) is 32.6 Å². The van der Waals surface area contributed by atoms with Crippen LogP contribution in [0, 0.1) is 5.82 Å². The Balaban J connectivity index is 1.60. The van der Waals surface area contributed by atoms with E-state index in [4.69, 9.17) is 27.9 Å². The van der Waals surface area contributed by atoms with Gasteiger partial charge in [-0.15, -0.1) is 0 Å². The highest BCUT2D eigenvalue weighted by Crippen LogP contribution is 2.59. The Morgan fingerprint density at radius 3 is 2.54 bits per heavy atom. The summed E-state index contributed by atoms with van der Waals surface area (Å²) in [7, 11) is 0. The van der Waals surface area contributed by atoms with Gasteiger partial charge in [-0.1, -0.05) is 41.4 Å². The van der Waals surface area contributed by atoms with Crippen LogP contribution in [0.1, 0.15) is 47.9 Å². The smallest absolute Gasteiger partial charge is 0.238 e. The Morgan fingerprint density at radius 1 is 1.00 bits per heavy atom. The number of rotatable bonds is 4. The van der Waals surface area contributed by atoms with Gasteiger partial charge >= 0.3 is 0 Å². The molecule has 0 unspecified atom stereocenters. The number of piperidine rings is 2. The SMILES string of the molecule is O=C1C[C@@H](c2cccc(Cl)c2)[C@]2(C(=O)Nc3cc(Cl)ccc32)[C@@H](c2c(OC3CCNCC3)ccc(Br)c2F)N1. The number of benzene rings is 3. The normalized spacial score (nSPS) is 24.8. The molecule has 3 N–H and O–H groups in total. The second-order valence-electron chi connectivity index (χ2n) is 10.2. The van der Waals surface area contributed by atoms with E-state index in [0.717, 1.165) is 25.9 Å². The van der Waals surface area contributed by atoms with Gasteiger partial charge in [0.25, 0.3) is 0 Å². The number of halogens is 4. The van der Waals surface area contributed by atoms with Gasteiger partial charge < -0.3 is 20.7 Å². The summed E-state index contributed by atoms with van der Waals surface area (Å²) in [4.78, 5) is 27.6. The van der Waals surface area contributed by atoms with E-state index in [1.807, 2.05) is 6.07 Å². The summed E-state index contributed by atoms with van der Waals surface area (Å²) in [6.45, 7) is 1.58. The van der Waals surface area contributed by atoms with Crippen molar-refractivity contribution in [1.29, 1.82) is 0 Å². The third kappa shape index (κ3) is 4.51. The Bertz CT molecular complexity index is 1480. The molecule has 0 aliphatic carbocycles. The van der Waals surface area contributed by atoms with E-state index in [1.165, 1.54) is 0 Å². The van der Waals surface area contributed by atoms with Gasteiger partial charge in [0, 0.05) is 28.1 Å². The zero-order chi connectivity index (χ0) is 27.3. The van der Waals surface area contributed by atoms with Crippen LogP contribution >= 0.6 is 39.1 Å². The van der Waals surface area contributed by atoms with Gasteiger partial charge in [-0.2, -0.15) is 0 Å². The van der Waals surface area contributed by atoms with Crippen LogP contribution in [-0.4, -0.2) is 31.0 Å². The summed E-state index contributed by atoms with van der Waals surface area (Å²) in [5.74, 6) is -1.61. The third-order valence-corrected chi connectivity index (χ3v) is 9.05. The van der Waals surface area contributed by atoms with Crippen molar-refractivity contribution < 1.29 is 18.7 Å². The molecule has 39 heavy (non-hydrogen) atoms. The zero-order valence-corrected chi connectivity index (χ0v) is 23.8. The zero-order valence-electron chi connectivity index (χ0n) is 20.7. The van der Waals surface area contributed by atoms with Crippen LogP contribution in [-0.2, 0) is 15.0 Å². The minimum Gasteiger partial charge on any atom is -0.490 e. The summed E-state index contributed by atoms with van der Waals surface area (Å²) in [5, 5.41) is 10.2. The minimum atomic E-state index is -1.41. The lowest BCUT2D eigenvalue weighted by Gasteiger charge is -2.46. The molecule has 6 rings (SSSR count). The molecule has 0 bridgehead atoms. The lowest BCUT2D eigenvalue weighted by molar-refractivity contribution is -0.131. The summed E-state index contributed by atoms with van der Waals surface area (Å²) in [6, 6.07) is 14.5. The minimum absolute atomic E-state index is 0.00638. The number of fused-ring (bicyclic) bond motifs is 2. The fourth-order valence-electron chi connectivity index (χ4n) is 6.26. The van der Waals surface area contributed by atoms with Gasteiger partial charge in [0.15, 0.2) is 0 Å². The van der Waals surface area contributed by atoms with E-state index in [-0.39, 0.29) is 34.4 Å². The standard InChI is InChI=1S/C29H25BrCl2FN3O3/c30-21-6-7-23(39-18-8-10-34-11-9-18)25(26(21)33)27-29(19-5-4-17(32)13-22(19)35-28(29)38)20(14-24(37)36-27)15-2-1-3-16(31)12-15/h1-7,12-13,18,20,27,34H,8-11,14H2,(H,35,38)(H,36,37)/t20-,27+,29-/m0/s1. The lowest BCUT2D eigenvalue weighted by Crippen LogP contribution is -2.57. The number of hydrogen-bond donors (Lipinski definition) is 3. The number of carbonyl (C=O) groups is 2. The lowest BCUT2D eigenvalue weighted by atomic mass is 9.59. The van der Waals surface area contributed by atoms with Crippen LogP contribution in [0.15, 0.2) is 59.1 Å². The fourth-order valence-corrected chi connectivity index (χ4v) is 6.98.